The van der Waals surface area contributed by atoms with Gasteiger partial charge in [-0.25, -0.2) is 0 Å². The summed E-state index contributed by atoms with van der Waals surface area (Å²) in [7, 11) is 3.09. The quantitative estimate of drug-likeness (QED) is 0.800. The first-order chi connectivity index (χ1) is 12.4. The molecule has 0 atom stereocenters. The number of anilines is 1. The Morgan fingerprint density at radius 2 is 1.54 bits per heavy atom. The van der Waals surface area contributed by atoms with Crippen LogP contribution in [-0.2, 0) is 16.0 Å². The van der Waals surface area contributed by atoms with Crippen LogP contribution in [0.3, 0.4) is 0 Å². The summed E-state index contributed by atoms with van der Waals surface area (Å²) in [5.74, 6) is 0.651. The number of rotatable bonds is 7. The molecule has 0 aliphatic rings. The monoisotopic (exact) mass is 356 g/mol. The average Bonchev–Trinajstić information content (AvgIpc) is 2.59. The van der Waals surface area contributed by atoms with E-state index in [9.17, 15) is 9.59 Å². The Balaban J connectivity index is 1.87. The molecular weight excluding hydrogens is 332 g/mol. The molecular formula is C20H24N2O4. The predicted molar refractivity (Wildman–Crippen MR) is 101 cm³/mol. The van der Waals surface area contributed by atoms with Crippen molar-refractivity contribution >= 4 is 17.5 Å². The van der Waals surface area contributed by atoms with Crippen molar-refractivity contribution in [1.82, 2.24) is 5.32 Å². The number of hydrogen-bond acceptors (Lipinski definition) is 4. The standard InChI is InChI=1S/C20H24N2O4/c1-13-7-14(2)9-16(8-13)22-20(24)12-21-19(23)11-15-5-6-17(25-3)18(10-15)26-4/h5-10H,11-12H2,1-4H3,(H,21,23)(H,22,24). The smallest absolute Gasteiger partial charge is 0.243 e. The third kappa shape index (κ3) is 5.51. The van der Waals surface area contributed by atoms with Gasteiger partial charge in [0.25, 0.3) is 0 Å². The van der Waals surface area contributed by atoms with E-state index in [0.717, 1.165) is 22.4 Å². The first-order valence-electron chi connectivity index (χ1n) is 8.27. The molecule has 0 radical (unpaired) electrons. The van der Waals surface area contributed by atoms with E-state index in [1.807, 2.05) is 32.0 Å². The van der Waals surface area contributed by atoms with Crippen molar-refractivity contribution in [3.05, 3.63) is 53.1 Å². The minimum atomic E-state index is -0.268. The van der Waals surface area contributed by atoms with Crippen LogP contribution in [0.4, 0.5) is 5.69 Å². The second kappa shape index (κ2) is 8.89. The summed E-state index contributed by atoms with van der Waals surface area (Å²) >= 11 is 0. The number of hydrogen-bond donors (Lipinski definition) is 2. The van der Waals surface area contributed by atoms with Crippen molar-refractivity contribution in [1.29, 1.82) is 0 Å². The van der Waals surface area contributed by atoms with E-state index in [4.69, 9.17) is 9.47 Å². The van der Waals surface area contributed by atoms with Crippen LogP contribution in [0.15, 0.2) is 36.4 Å². The van der Waals surface area contributed by atoms with Crippen LogP contribution in [0.5, 0.6) is 11.5 Å². The molecule has 2 rings (SSSR count). The molecule has 0 heterocycles. The molecule has 2 aromatic rings. The lowest BCUT2D eigenvalue weighted by Crippen LogP contribution is -2.33. The topological polar surface area (TPSA) is 76.7 Å². The molecule has 0 saturated carbocycles. The lowest BCUT2D eigenvalue weighted by molar-refractivity contribution is -0.123. The Kier molecular flexibility index (Phi) is 6.60. The first-order valence-corrected chi connectivity index (χ1v) is 8.27. The molecule has 0 bridgehead atoms. The van der Waals surface area contributed by atoms with Gasteiger partial charge in [0.2, 0.25) is 11.8 Å². The van der Waals surface area contributed by atoms with E-state index in [1.54, 1.807) is 32.4 Å². The van der Waals surface area contributed by atoms with Gasteiger partial charge in [0.1, 0.15) is 0 Å². The number of amides is 2. The minimum absolute atomic E-state index is 0.0842. The number of carbonyl (C=O) groups is 2. The zero-order chi connectivity index (χ0) is 19.1. The second-order valence-electron chi connectivity index (χ2n) is 6.07. The van der Waals surface area contributed by atoms with Gasteiger partial charge in [-0.1, -0.05) is 12.1 Å². The van der Waals surface area contributed by atoms with Crippen LogP contribution >= 0.6 is 0 Å². The van der Waals surface area contributed by atoms with Crippen molar-refractivity contribution in [3.63, 3.8) is 0 Å². The molecule has 2 N–H and O–H groups in total. The number of nitrogens with one attached hydrogen (secondary N) is 2. The molecule has 138 valence electrons. The van der Waals surface area contributed by atoms with E-state index in [0.29, 0.717) is 11.5 Å². The summed E-state index contributed by atoms with van der Waals surface area (Å²) in [6.45, 7) is 3.85. The first kappa shape index (κ1) is 19.3. The summed E-state index contributed by atoms with van der Waals surface area (Å²) in [6.07, 6.45) is 0.150. The maximum atomic E-state index is 12.1. The molecule has 2 aromatic carbocycles. The molecule has 6 nitrogen and oxygen atoms in total. The summed E-state index contributed by atoms with van der Waals surface area (Å²) in [5.41, 5.74) is 3.63. The maximum absolute atomic E-state index is 12.1. The van der Waals surface area contributed by atoms with Gasteiger partial charge in [-0.05, 0) is 54.8 Å². The van der Waals surface area contributed by atoms with Crippen LogP contribution in [0.1, 0.15) is 16.7 Å². The molecule has 26 heavy (non-hydrogen) atoms. The Morgan fingerprint density at radius 1 is 0.885 bits per heavy atom. The number of ether oxygens (including phenoxy) is 2. The van der Waals surface area contributed by atoms with Gasteiger partial charge in [0, 0.05) is 5.69 Å². The lowest BCUT2D eigenvalue weighted by Gasteiger charge is -2.10. The summed E-state index contributed by atoms with van der Waals surface area (Å²) in [6, 6.07) is 11.1. The molecule has 0 unspecified atom stereocenters. The second-order valence-corrected chi connectivity index (χ2v) is 6.07. The Hall–Kier alpha value is -3.02. The largest absolute Gasteiger partial charge is 0.493 e. The van der Waals surface area contributed by atoms with Crippen LogP contribution < -0.4 is 20.1 Å². The Bertz CT molecular complexity index is 782. The van der Waals surface area contributed by atoms with Crippen LogP contribution in [0.25, 0.3) is 0 Å². The number of aryl methyl sites for hydroxylation is 2. The average molecular weight is 356 g/mol. The van der Waals surface area contributed by atoms with Gasteiger partial charge < -0.3 is 20.1 Å². The van der Waals surface area contributed by atoms with E-state index >= 15 is 0 Å². The zero-order valence-corrected chi connectivity index (χ0v) is 15.5. The van der Waals surface area contributed by atoms with E-state index in [2.05, 4.69) is 10.6 Å². The highest BCUT2D eigenvalue weighted by molar-refractivity contribution is 5.94. The molecule has 0 aliphatic carbocycles. The van der Waals surface area contributed by atoms with Crippen LogP contribution in [0, 0.1) is 13.8 Å². The van der Waals surface area contributed by atoms with Crippen LogP contribution in [-0.4, -0.2) is 32.6 Å². The van der Waals surface area contributed by atoms with E-state index < -0.39 is 0 Å². The van der Waals surface area contributed by atoms with Gasteiger partial charge in [-0.15, -0.1) is 0 Å². The number of methoxy groups -OCH3 is 2. The van der Waals surface area contributed by atoms with Crippen molar-refractivity contribution in [2.75, 3.05) is 26.1 Å². The molecule has 6 heteroatoms. The highest BCUT2D eigenvalue weighted by atomic mass is 16.5. The molecule has 0 saturated heterocycles. The SMILES string of the molecule is COc1ccc(CC(=O)NCC(=O)Nc2cc(C)cc(C)c2)cc1OC. The van der Waals surface area contributed by atoms with Crippen LogP contribution in [0.2, 0.25) is 0 Å². The van der Waals surface area contributed by atoms with Crippen molar-refractivity contribution in [3.8, 4) is 11.5 Å². The molecule has 0 spiro atoms. The third-order valence-corrected chi connectivity index (χ3v) is 3.76. The van der Waals surface area contributed by atoms with Crippen molar-refractivity contribution < 1.29 is 19.1 Å². The Morgan fingerprint density at radius 3 is 2.15 bits per heavy atom. The highest BCUT2D eigenvalue weighted by Crippen LogP contribution is 2.27. The third-order valence-electron chi connectivity index (χ3n) is 3.76. The fourth-order valence-electron chi connectivity index (χ4n) is 2.67. The van der Waals surface area contributed by atoms with Gasteiger partial charge in [0.05, 0.1) is 27.2 Å². The Labute approximate surface area is 153 Å². The van der Waals surface area contributed by atoms with E-state index in [-0.39, 0.29) is 24.8 Å². The van der Waals surface area contributed by atoms with Gasteiger partial charge >= 0.3 is 0 Å². The van der Waals surface area contributed by atoms with E-state index in [1.165, 1.54) is 0 Å². The fourth-order valence-corrected chi connectivity index (χ4v) is 2.67. The number of carbonyl (C=O) groups excluding carboxylic acids is 2. The summed E-state index contributed by atoms with van der Waals surface area (Å²) in [4.78, 5) is 24.1. The highest BCUT2D eigenvalue weighted by Gasteiger charge is 2.10. The van der Waals surface area contributed by atoms with Crippen molar-refractivity contribution in [2.24, 2.45) is 0 Å². The molecule has 0 aromatic heterocycles. The van der Waals surface area contributed by atoms with Gasteiger partial charge in [-0.3, -0.25) is 9.59 Å². The summed E-state index contributed by atoms with van der Waals surface area (Å²) < 4.78 is 10.4. The minimum Gasteiger partial charge on any atom is -0.493 e. The normalized spacial score (nSPS) is 10.2. The molecule has 2 amide bonds. The number of benzene rings is 2. The lowest BCUT2D eigenvalue weighted by atomic mass is 10.1. The fraction of sp³-hybridized carbons (Fsp3) is 0.300. The zero-order valence-electron chi connectivity index (χ0n) is 15.5. The van der Waals surface area contributed by atoms with Gasteiger partial charge in [-0.2, -0.15) is 0 Å². The summed E-state index contributed by atoms with van der Waals surface area (Å²) in [5, 5.41) is 5.41. The maximum Gasteiger partial charge on any atom is 0.243 e. The predicted octanol–water partition coefficient (Wildman–Crippen LogP) is 2.62. The van der Waals surface area contributed by atoms with Crippen molar-refractivity contribution in [2.45, 2.75) is 20.3 Å². The molecule has 0 aliphatic heterocycles. The van der Waals surface area contributed by atoms with Gasteiger partial charge in [0.15, 0.2) is 11.5 Å². The molecule has 0 fully saturated rings.